The Balaban J connectivity index is 1.65. The Hall–Kier alpha value is -1.92. The Morgan fingerprint density at radius 3 is 3.00 bits per heavy atom. The molecule has 0 saturated carbocycles. The summed E-state index contributed by atoms with van der Waals surface area (Å²) in [5.74, 6) is -0.157. The summed E-state index contributed by atoms with van der Waals surface area (Å²) in [6.07, 6.45) is 0. The van der Waals surface area contributed by atoms with Crippen LogP contribution in [0.1, 0.15) is 20.2 Å². The van der Waals surface area contributed by atoms with E-state index < -0.39 is 0 Å². The lowest BCUT2D eigenvalue weighted by molar-refractivity contribution is 0.0946. The Morgan fingerprint density at radius 2 is 2.30 bits per heavy atom. The SMILES string of the molecule is Cc1ccc(CNC(=O)c2cc(-c3cccs3)[nH]n2)s1. The average Bonchev–Trinajstić information content (AvgIpc) is 3.16. The summed E-state index contributed by atoms with van der Waals surface area (Å²) >= 11 is 3.30. The molecule has 0 unspecified atom stereocenters. The molecule has 20 heavy (non-hydrogen) atoms. The first-order chi connectivity index (χ1) is 9.72. The van der Waals surface area contributed by atoms with Gasteiger partial charge in [-0.25, -0.2) is 0 Å². The van der Waals surface area contributed by atoms with Crippen molar-refractivity contribution in [1.82, 2.24) is 15.5 Å². The number of H-pyrrole nitrogens is 1. The maximum Gasteiger partial charge on any atom is 0.272 e. The fourth-order valence-corrected chi connectivity index (χ4v) is 3.36. The van der Waals surface area contributed by atoms with Crippen molar-refractivity contribution in [2.75, 3.05) is 0 Å². The molecule has 3 heterocycles. The summed E-state index contributed by atoms with van der Waals surface area (Å²) in [5.41, 5.74) is 1.29. The lowest BCUT2D eigenvalue weighted by Gasteiger charge is -1.99. The molecule has 4 nitrogen and oxygen atoms in total. The zero-order valence-corrected chi connectivity index (χ0v) is 12.5. The van der Waals surface area contributed by atoms with E-state index in [0.29, 0.717) is 12.2 Å². The van der Waals surface area contributed by atoms with Gasteiger partial charge in [-0.05, 0) is 36.6 Å². The number of aromatic amines is 1. The molecule has 0 radical (unpaired) electrons. The van der Waals surface area contributed by atoms with Crippen LogP contribution >= 0.6 is 22.7 Å². The molecular formula is C14H13N3OS2. The molecule has 3 aromatic heterocycles. The minimum atomic E-state index is -0.157. The van der Waals surface area contributed by atoms with Gasteiger partial charge in [0.1, 0.15) is 0 Å². The van der Waals surface area contributed by atoms with Crippen molar-refractivity contribution < 1.29 is 4.79 Å². The molecule has 3 rings (SSSR count). The number of nitrogens with one attached hydrogen (secondary N) is 2. The monoisotopic (exact) mass is 303 g/mol. The minimum Gasteiger partial charge on any atom is -0.346 e. The van der Waals surface area contributed by atoms with Crippen molar-refractivity contribution in [1.29, 1.82) is 0 Å². The van der Waals surface area contributed by atoms with Gasteiger partial charge >= 0.3 is 0 Å². The maximum atomic E-state index is 12.0. The molecule has 0 aliphatic heterocycles. The Morgan fingerprint density at radius 1 is 1.40 bits per heavy atom. The number of amides is 1. The third-order valence-corrected chi connectivity index (χ3v) is 4.72. The number of carbonyl (C=O) groups excluding carboxylic acids is 1. The number of hydrogen-bond donors (Lipinski definition) is 2. The van der Waals surface area contributed by atoms with Gasteiger partial charge in [-0.2, -0.15) is 5.10 Å². The van der Waals surface area contributed by atoms with Gasteiger partial charge in [-0.15, -0.1) is 22.7 Å². The highest BCUT2D eigenvalue weighted by Gasteiger charge is 2.11. The number of nitrogens with zero attached hydrogens (tertiary/aromatic N) is 1. The van der Waals surface area contributed by atoms with Crippen LogP contribution in [0.5, 0.6) is 0 Å². The molecule has 6 heteroatoms. The smallest absolute Gasteiger partial charge is 0.272 e. The van der Waals surface area contributed by atoms with E-state index in [9.17, 15) is 4.79 Å². The number of carbonyl (C=O) groups is 1. The van der Waals surface area contributed by atoms with Crippen LogP contribution < -0.4 is 5.32 Å². The van der Waals surface area contributed by atoms with Crippen molar-refractivity contribution in [3.05, 3.63) is 51.2 Å². The largest absolute Gasteiger partial charge is 0.346 e. The highest BCUT2D eigenvalue weighted by atomic mass is 32.1. The molecule has 2 N–H and O–H groups in total. The second kappa shape index (κ2) is 5.60. The van der Waals surface area contributed by atoms with Gasteiger partial charge in [0, 0.05) is 9.75 Å². The predicted molar refractivity (Wildman–Crippen MR) is 82.1 cm³/mol. The normalized spacial score (nSPS) is 10.7. The van der Waals surface area contributed by atoms with E-state index >= 15 is 0 Å². The molecule has 1 amide bonds. The van der Waals surface area contributed by atoms with E-state index in [4.69, 9.17) is 0 Å². The van der Waals surface area contributed by atoms with Gasteiger partial charge in [0.05, 0.1) is 17.1 Å². The van der Waals surface area contributed by atoms with E-state index in [1.807, 2.05) is 23.6 Å². The van der Waals surface area contributed by atoms with Crippen molar-refractivity contribution >= 4 is 28.6 Å². The van der Waals surface area contributed by atoms with Gasteiger partial charge < -0.3 is 5.32 Å². The van der Waals surface area contributed by atoms with Gasteiger partial charge in [0.2, 0.25) is 0 Å². The Kier molecular flexibility index (Phi) is 3.66. The van der Waals surface area contributed by atoms with Crippen molar-refractivity contribution in [2.45, 2.75) is 13.5 Å². The molecule has 0 bridgehead atoms. The van der Waals surface area contributed by atoms with Crippen LogP contribution in [0.15, 0.2) is 35.7 Å². The van der Waals surface area contributed by atoms with Gasteiger partial charge in [-0.3, -0.25) is 9.89 Å². The fourth-order valence-electron chi connectivity index (χ4n) is 1.83. The van der Waals surface area contributed by atoms with E-state index in [2.05, 4.69) is 28.5 Å². The first-order valence-electron chi connectivity index (χ1n) is 6.15. The summed E-state index contributed by atoms with van der Waals surface area (Å²) in [7, 11) is 0. The molecule has 0 atom stereocenters. The van der Waals surface area contributed by atoms with Crippen molar-refractivity contribution in [2.24, 2.45) is 0 Å². The average molecular weight is 303 g/mol. The third-order valence-electron chi connectivity index (χ3n) is 2.82. The maximum absolute atomic E-state index is 12.0. The molecule has 0 aliphatic rings. The van der Waals surface area contributed by atoms with Gasteiger partial charge in [0.15, 0.2) is 5.69 Å². The molecule has 3 aromatic rings. The van der Waals surface area contributed by atoms with Crippen LogP contribution in [0.2, 0.25) is 0 Å². The first-order valence-corrected chi connectivity index (χ1v) is 7.85. The Bertz CT molecular complexity index is 712. The van der Waals surface area contributed by atoms with Crippen molar-refractivity contribution in [3.63, 3.8) is 0 Å². The predicted octanol–water partition coefficient (Wildman–Crippen LogP) is 3.44. The van der Waals surface area contributed by atoms with Crippen LogP contribution in [0, 0.1) is 6.92 Å². The second-order valence-corrected chi connectivity index (χ2v) is 6.66. The highest BCUT2D eigenvalue weighted by Crippen LogP contribution is 2.23. The number of aryl methyl sites for hydroxylation is 1. The fraction of sp³-hybridized carbons (Fsp3) is 0.143. The number of aromatic nitrogens is 2. The lowest BCUT2D eigenvalue weighted by Crippen LogP contribution is -2.22. The molecule has 102 valence electrons. The number of hydrogen-bond acceptors (Lipinski definition) is 4. The summed E-state index contributed by atoms with van der Waals surface area (Å²) < 4.78 is 0. The minimum absolute atomic E-state index is 0.157. The topological polar surface area (TPSA) is 57.8 Å². The third kappa shape index (κ3) is 2.81. The quantitative estimate of drug-likeness (QED) is 0.775. The zero-order valence-electron chi connectivity index (χ0n) is 10.8. The zero-order chi connectivity index (χ0) is 13.9. The standard InChI is InChI=1S/C14H13N3OS2/c1-9-4-5-10(20-9)8-15-14(18)12-7-11(16-17-12)13-3-2-6-19-13/h2-7H,8H2,1H3,(H,15,18)(H,16,17). The van der Waals surface area contributed by atoms with E-state index in [1.165, 1.54) is 4.88 Å². The Labute approximate surface area is 124 Å². The molecular weight excluding hydrogens is 290 g/mol. The molecule has 0 aromatic carbocycles. The summed E-state index contributed by atoms with van der Waals surface area (Å²) in [5, 5.41) is 11.8. The first kappa shape index (κ1) is 13.1. The van der Waals surface area contributed by atoms with Crippen LogP contribution in [0.4, 0.5) is 0 Å². The lowest BCUT2D eigenvalue weighted by atomic mass is 10.3. The van der Waals surface area contributed by atoms with E-state index in [1.54, 1.807) is 28.7 Å². The summed E-state index contributed by atoms with van der Waals surface area (Å²) in [6.45, 7) is 2.59. The molecule has 0 fully saturated rings. The molecule has 0 spiro atoms. The van der Waals surface area contributed by atoms with Crippen LogP contribution in [0.3, 0.4) is 0 Å². The summed E-state index contributed by atoms with van der Waals surface area (Å²) in [4.78, 5) is 15.5. The highest BCUT2D eigenvalue weighted by molar-refractivity contribution is 7.13. The molecule has 0 aliphatic carbocycles. The van der Waals surface area contributed by atoms with E-state index in [0.717, 1.165) is 15.4 Å². The molecule has 0 saturated heterocycles. The van der Waals surface area contributed by atoms with Crippen molar-refractivity contribution in [3.8, 4) is 10.6 Å². The van der Waals surface area contributed by atoms with E-state index in [-0.39, 0.29) is 5.91 Å². The van der Waals surface area contributed by atoms with Crippen LogP contribution in [0.25, 0.3) is 10.6 Å². The number of rotatable bonds is 4. The summed E-state index contributed by atoms with van der Waals surface area (Å²) in [6, 6.07) is 9.83. The second-order valence-electron chi connectivity index (χ2n) is 4.34. The van der Waals surface area contributed by atoms with Gasteiger partial charge in [-0.1, -0.05) is 6.07 Å². The van der Waals surface area contributed by atoms with Crippen LogP contribution in [-0.2, 0) is 6.54 Å². The van der Waals surface area contributed by atoms with Gasteiger partial charge in [0.25, 0.3) is 5.91 Å². The van der Waals surface area contributed by atoms with Crippen LogP contribution in [-0.4, -0.2) is 16.1 Å². The number of thiophene rings is 2.